The molecule has 5 nitrogen and oxygen atoms in total. The van der Waals surface area contributed by atoms with Crippen molar-refractivity contribution >= 4 is 33.1 Å². The van der Waals surface area contributed by atoms with Crippen LogP contribution in [0.25, 0.3) is 21.3 Å². The molecule has 0 aliphatic heterocycles. The van der Waals surface area contributed by atoms with E-state index in [1.165, 1.54) is 6.33 Å². The van der Waals surface area contributed by atoms with Crippen LogP contribution in [0, 0.1) is 0 Å². The molecule has 4 aromatic rings. The molecule has 128 valence electrons. The fraction of sp³-hybridized carbons (Fsp3) is 0.0500. The van der Waals surface area contributed by atoms with Crippen molar-refractivity contribution in [3.63, 3.8) is 0 Å². The number of hydrogen-bond acceptors (Lipinski definition) is 5. The van der Waals surface area contributed by atoms with E-state index >= 15 is 0 Å². The number of fused-ring (bicyclic) bond motifs is 1. The highest BCUT2D eigenvalue weighted by Crippen LogP contribution is 2.27. The van der Waals surface area contributed by atoms with Gasteiger partial charge in [-0.1, -0.05) is 18.2 Å². The van der Waals surface area contributed by atoms with Crippen molar-refractivity contribution in [2.24, 2.45) is 0 Å². The van der Waals surface area contributed by atoms with Crippen molar-refractivity contribution in [3.8, 4) is 17.0 Å². The Kier molecular flexibility index (Phi) is 4.33. The Balaban J connectivity index is 1.59. The fourth-order valence-electron chi connectivity index (χ4n) is 2.68. The van der Waals surface area contributed by atoms with Crippen LogP contribution >= 0.6 is 11.3 Å². The van der Waals surface area contributed by atoms with Crippen LogP contribution < -0.4 is 10.1 Å². The zero-order chi connectivity index (χ0) is 17.9. The lowest BCUT2D eigenvalue weighted by atomic mass is 10.1. The second kappa shape index (κ2) is 6.93. The number of rotatable bonds is 4. The summed E-state index contributed by atoms with van der Waals surface area (Å²) in [6.45, 7) is 0. The minimum absolute atomic E-state index is 0.179. The van der Waals surface area contributed by atoms with Crippen LogP contribution in [0.2, 0.25) is 0 Å². The number of ether oxygens (including phenoxy) is 1. The number of hydrogen-bond donors (Lipinski definition) is 1. The van der Waals surface area contributed by atoms with Crippen LogP contribution in [-0.4, -0.2) is 23.0 Å². The third kappa shape index (κ3) is 3.14. The largest absolute Gasteiger partial charge is 0.497 e. The van der Waals surface area contributed by atoms with Crippen LogP contribution in [0.15, 0.2) is 66.3 Å². The Morgan fingerprint density at radius 1 is 1.08 bits per heavy atom. The molecule has 0 unspecified atom stereocenters. The molecule has 0 radical (unpaired) electrons. The Morgan fingerprint density at radius 3 is 2.69 bits per heavy atom. The van der Waals surface area contributed by atoms with Gasteiger partial charge in [0.1, 0.15) is 17.9 Å². The molecule has 2 aromatic carbocycles. The summed E-state index contributed by atoms with van der Waals surface area (Å²) < 4.78 is 6.25. The summed E-state index contributed by atoms with van der Waals surface area (Å²) in [5.74, 6) is 1.06. The van der Waals surface area contributed by atoms with Gasteiger partial charge in [-0.3, -0.25) is 4.79 Å². The van der Waals surface area contributed by atoms with E-state index in [1.54, 1.807) is 24.5 Å². The van der Waals surface area contributed by atoms with Gasteiger partial charge in [0.05, 0.1) is 18.4 Å². The molecule has 0 saturated heterocycles. The molecule has 0 aliphatic rings. The average molecular weight is 361 g/mol. The highest BCUT2D eigenvalue weighted by molar-refractivity contribution is 7.17. The van der Waals surface area contributed by atoms with Crippen molar-refractivity contribution in [3.05, 3.63) is 71.9 Å². The maximum atomic E-state index is 12.6. The number of amides is 1. The van der Waals surface area contributed by atoms with E-state index in [1.807, 2.05) is 53.9 Å². The fourth-order valence-corrected chi connectivity index (χ4v) is 3.62. The second-order valence-electron chi connectivity index (χ2n) is 5.62. The van der Waals surface area contributed by atoms with Crippen LogP contribution in [0.4, 0.5) is 5.82 Å². The Hall–Kier alpha value is -3.25. The van der Waals surface area contributed by atoms with E-state index in [4.69, 9.17) is 4.74 Å². The monoisotopic (exact) mass is 361 g/mol. The van der Waals surface area contributed by atoms with Crippen molar-refractivity contribution in [1.29, 1.82) is 0 Å². The Bertz CT molecular complexity index is 1070. The molecule has 1 N–H and O–H groups in total. The van der Waals surface area contributed by atoms with Crippen LogP contribution in [-0.2, 0) is 0 Å². The van der Waals surface area contributed by atoms with Crippen molar-refractivity contribution in [2.45, 2.75) is 0 Å². The SMILES string of the molecule is COc1ccc(-c2cc(NC(=O)c3csc4ccccc34)ncn2)cc1. The molecule has 0 fully saturated rings. The van der Waals surface area contributed by atoms with E-state index in [-0.39, 0.29) is 5.91 Å². The number of carbonyl (C=O) groups excluding carboxylic acids is 1. The van der Waals surface area contributed by atoms with E-state index in [0.29, 0.717) is 11.4 Å². The maximum absolute atomic E-state index is 12.6. The van der Waals surface area contributed by atoms with Crippen molar-refractivity contribution < 1.29 is 9.53 Å². The molecule has 1 amide bonds. The first kappa shape index (κ1) is 16.2. The Labute approximate surface area is 154 Å². The first-order valence-electron chi connectivity index (χ1n) is 7.98. The number of methoxy groups -OCH3 is 1. The average Bonchev–Trinajstić information content (AvgIpc) is 3.12. The molecule has 0 saturated carbocycles. The zero-order valence-corrected chi connectivity index (χ0v) is 14.8. The lowest BCUT2D eigenvalue weighted by molar-refractivity contribution is 0.102. The van der Waals surface area contributed by atoms with Gasteiger partial charge in [-0.05, 0) is 30.3 Å². The molecular formula is C20H15N3O2S. The standard InChI is InChI=1S/C20H15N3O2S/c1-25-14-8-6-13(7-9-14)17-10-19(22-12-21-17)23-20(24)16-11-26-18-5-3-2-4-15(16)18/h2-12H,1H3,(H,21,22,23,24). The maximum Gasteiger partial charge on any atom is 0.258 e. The topological polar surface area (TPSA) is 64.1 Å². The summed E-state index contributed by atoms with van der Waals surface area (Å²) in [6, 6.07) is 17.2. The first-order valence-corrected chi connectivity index (χ1v) is 8.86. The highest BCUT2D eigenvalue weighted by Gasteiger charge is 2.13. The lowest BCUT2D eigenvalue weighted by Gasteiger charge is -2.06. The molecule has 6 heteroatoms. The number of aromatic nitrogens is 2. The number of anilines is 1. The molecule has 0 spiro atoms. The van der Waals surface area contributed by atoms with Gasteiger partial charge in [0, 0.05) is 27.1 Å². The van der Waals surface area contributed by atoms with Gasteiger partial charge in [-0.15, -0.1) is 11.3 Å². The van der Waals surface area contributed by atoms with E-state index in [9.17, 15) is 4.79 Å². The molecule has 0 atom stereocenters. The lowest BCUT2D eigenvalue weighted by Crippen LogP contribution is -2.12. The van der Waals surface area contributed by atoms with Gasteiger partial charge in [0.2, 0.25) is 0 Å². The number of thiophene rings is 1. The smallest absolute Gasteiger partial charge is 0.258 e. The summed E-state index contributed by atoms with van der Waals surface area (Å²) in [4.78, 5) is 21.1. The number of nitrogens with one attached hydrogen (secondary N) is 1. The third-order valence-corrected chi connectivity index (χ3v) is 4.98. The quantitative estimate of drug-likeness (QED) is 0.576. The van der Waals surface area contributed by atoms with Crippen LogP contribution in [0.1, 0.15) is 10.4 Å². The van der Waals surface area contributed by atoms with Crippen molar-refractivity contribution in [2.75, 3.05) is 12.4 Å². The molecule has 0 bridgehead atoms. The zero-order valence-electron chi connectivity index (χ0n) is 14.0. The van der Waals surface area contributed by atoms with Gasteiger partial charge in [-0.25, -0.2) is 9.97 Å². The second-order valence-corrected chi connectivity index (χ2v) is 6.53. The number of nitrogens with zero attached hydrogens (tertiary/aromatic N) is 2. The van der Waals surface area contributed by atoms with Gasteiger partial charge in [0.25, 0.3) is 5.91 Å². The summed E-state index contributed by atoms with van der Waals surface area (Å²) in [7, 11) is 1.63. The number of benzene rings is 2. The molecule has 2 aromatic heterocycles. The van der Waals surface area contributed by atoms with E-state index in [0.717, 1.165) is 27.1 Å². The molecule has 26 heavy (non-hydrogen) atoms. The molecule has 0 aliphatic carbocycles. The summed E-state index contributed by atoms with van der Waals surface area (Å²) >= 11 is 1.55. The predicted molar refractivity (Wildman–Crippen MR) is 104 cm³/mol. The summed E-state index contributed by atoms with van der Waals surface area (Å²) in [6.07, 6.45) is 1.45. The Morgan fingerprint density at radius 2 is 1.88 bits per heavy atom. The minimum Gasteiger partial charge on any atom is -0.497 e. The number of carbonyl (C=O) groups is 1. The summed E-state index contributed by atoms with van der Waals surface area (Å²) in [5, 5.41) is 5.67. The first-order chi connectivity index (χ1) is 12.7. The van der Waals surface area contributed by atoms with Crippen LogP contribution in [0.5, 0.6) is 5.75 Å². The highest BCUT2D eigenvalue weighted by atomic mass is 32.1. The van der Waals surface area contributed by atoms with Crippen molar-refractivity contribution in [1.82, 2.24) is 9.97 Å². The van der Waals surface area contributed by atoms with Crippen LogP contribution in [0.3, 0.4) is 0 Å². The normalized spacial score (nSPS) is 10.7. The van der Waals surface area contributed by atoms with E-state index < -0.39 is 0 Å². The van der Waals surface area contributed by atoms with Gasteiger partial charge >= 0.3 is 0 Å². The van der Waals surface area contributed by atoms with Gasteiger partial charge in [-0.2, -0.15) is 0 Å². The molecular weight excluding hydrogens is 346 g/mol. The third-order valence-electron chi connectivity index (χ3n) is 4.02. The van der Waals surface area contributed by atoms with Gasteiger partial charge < -0.3 is 10.1 Å². The van der Waals surface area contributed by atoms with E-state index in [2.05, 4.69) is 15.3 Å². The predicted octanol–water partition coefficient (Wildman–Crippen LogP) is 4.62. The van der Waals surface area contributed by atoms with Gasteiger partial charge in [0.15, 0.2) is 0 Å². The molecule has 4 rings (SSSR count). The molecule has 2 heterocycles. The summed E-state index contributed by atoms with van der Waals surface area (Å²) in [5.41, 5.74) is 2.30. The minimum atomic E-state index is -0.179.